The molecule has 6 nitrogen and oxygen atoms in total. The van der Waals surface area contributed by atoms with Crippen molar-refractivity contribution in [3.63, 3.8) is 0 Å². The van der Waals surface area contributed by atoms with Crippen LogP contribution in [-0.4, -0.2) is 25.6 Å². The first-order valence-electron chi connectivity index (χ1n) is 8.53. The van der Waals surface area contributed by atoms with Crippen molar-refractivity contribution >= 4 is 22.7 Å². The van der Waals surface area contributed by atoms with Crippen LogP contribution in [-0.2, 0) is 16.7 Å². The summed E-state index contributed by atoms with van der Waals surface area (Å²) in [6.07, 6.45) is 0. The Bertz CT molecular complexity index is 1030. The van der Waals surface area contributed by atoms with Crippen LogP contribution in [0.2, 0.25) is 0 Å². The molecule has 3 aromatic carbocycles. The zero-order valence-corrected chi connectivity index (χ0v) is 16.0. The van der Waals surface area contributed by atoms with Crippen LogP contribution < -0.4 is 14.4 Å². The summed E-state index contributed by atoms with van der Waals surface area (Å²) < 4.78 is 35.8. The Morgan fingerprint density at radius 1 is 0.929 bits per heavy atom. The zero-order valence-electron chi connectivity index (χ0n) is 15.1. The Labute approximate surface area is 164 Å². The van der Waals surface area contributed by atoms with Gasteiger partial charge in [0.25, 0.3) is 0 Å². The molecule has 144 valence electrons. The lowest BCUT2D eigenvalue weighted by Crippen LogP contribution is -2.31. The average Bonchev–Trinajstić information content (AvgIpc) is 2.67. The Morgan fingerprint density at radius 2 is 1.61 bits per heavy atom. The highest BCUT2D eigenvalue weighted by Gasteiger charge is 2.21. The van der Waals surface area contributed by atoms with Crippen LogP contribution >= 0.6 is 0 Å². The van der Waals surface area contributed by atoms with Crippen molar-refractivity contribution in [1.29, 1.82) is 0 Å². The van der Waals surface area contributed by atoms with Crippen LogP contribution in [0.4, 0.5) is 0 Å². The van der Waals surface area contributed by atoms with Gasteiger partial charge in [-0.3, -0.25) is 0 Å². The predicted octanol–water partition coefficient (Wildman–Crippen LogP) is 2.02. The number of aryl methyl sites for hydroxylation is 1. The first kappa shape index (κ1) is 19.9. The maximum atomic E-state index is 12.5. The van der Waals surface area contributed by atoms with Gasteiger partial charge >= 0.3 is 17.2 Å². The van der Waals surface area contributed by atoms with E-state index in [-0.39, 0.29) is 28.5 Å². The van der Waals surface area contributed by atoms with Crippen LogP contribution in [0.15, 0.2) is 77.7 Å². The SMILES string of the molecule is Cc1ccc(S(=O)(=O)Oc2ccc(B(O)O)c(OCc3ccccc3)c2)cc1. The second kappa shape index (κ2) is 8.47. The molecule has 8 heteroatoms. The lowest BCUT2D eigenvalue weighted by Gasteiger charge is -2.14. The molecule has 0 fully saturated rings. The molecule has 3 aromatic rings. The van der Waals surface area contributed by atoms with Crippen LogP contribution in [0, 0.1) is 6.92 Å². The molecule has 0 heterocycles. The summed E-state index contributed by atoms with van der Waals surface area (Å²) in [5.41, 5.74) is 1.91. The molecule has 0 atom stereocenters. The molecule has 0 spiro atoms. The third-order valence-corrected chi connectivity index (χ3v) is 5.28. The molecule has 0 saturated heterocycles. The summed E-state index contributed by atoms with van der Waals surface area (Å²) in [6, 6.07) is 19.6. The smallest absolute Gasteiger partial charge is 0.489 e. The number of benzene rings is 3. The van der Waals surface area contributed by atoms with Crippen LogP contribution in [0.1, 0.15) is 11.1 Å². The van der Waals surface area contributed by atoms with E-state index < -0.39 is 17.2 Å². The second-order valence-corrected chi connectivity index (χ2v) is 7.74. The van der Waals surface area contributed by atoms with Gasteiger partial charge in [-0.2, -0.15) is 8.42 Å². The molecule has 28 heavy (non-hydrogen) atoms. The fourth-order valence-corrected chi connectivity index (χ4v) is 3.44. The fourth-order valence-electron chi connectivity index (χ4n) is 2.52. The van der Waals surface area contributed by atoms with Gasteiger partial charge < -0.3 is 19.0 Å². The van der Waals surface area contributed by atoms with Gasteiger partial charge in [-0.1, -0.05) is 54.1 Å². The Morgan fingerprint density at radius 3 is 2.25 bits per heavy atom. The largest absolute Gasteiger partial charge is 0.492 e. The third-order valence-electron chi connectivity index (χ3n) is 4.02. The van der Waals surface area contributed by atoms with Gasteiger partial charge in [0.2, 0.25) is 0 Å². The molecule has 0 aromatic heterocycles. The highest BCUT2D eigenvalue weighted by atomic mass is 32.2. The first-order chi connectivity index (χ1) is 13.3. The van der Waals surface area contributed by atoms with E-state index in [1.807, 2.05) is 37.3 Å². The van der Waals surface area contributed by atoms with Crippen LogP contribution in [0.5, 0.6) is 11.5 Å². The summed E-state index contributed by atoms with van der Waals surface area (Å²) in [6.45, 7) is 2.03. The molecule has 0 unspecified atom stereocenters. The van der Waals surface area contributed by atoms with Gasteiger partial charge in [-0.15, -0.1) is 0 Å². The molecule has 0 aliphatic heterocycles. The molecule has 0 aliphatic carbocycles. The summed E-state index contributed by atoms with van der Waals surface area (Å²) in [7, 11) is -5.80. The van der Waals surface area contributed by atoms with E-state index in [1.165, 1.54) is 30.3 Å². The first-order valence-corrected chi connectivity index (χ1v) is 9.94. The minimum atomic E-state index is -4.03. The van der Waals surface area contributed by atoms with Gasteiger partial charge in [-0.25, -0.2) is 0 Å². The lowest BCUT2D eigenvalue weighted by atomic mass is 9.79. The Kier molecular flexibility index (Phi) is 6.04. The average molecular weight is 398 g/mol. The Balaban J connectivity index is 1.84. The number of rotatable bonds is 7. The maximum absolute atomic E-state index is 12.5. The van der Waals surface area contributed by atoms with E-state index in [0.717, 1.165) is 11.1 Å². The van der Waals surface area contributed by atoms with E-state index in [2.05, 4.69) is 0 Å². The quantitative estimate of drug-likeness (QED) is 0.467. The fraction of sp³-hybridized carbons (Fsp3) is 0.100. The van der Waals surface area contributed by atoms with E-state index in [9.17, 15) is 18.5 Å². The highest BCUT2D eigenvalue weighted by molar-refractivity contribution is 7.87. The molecule has 2 N–H and O–H groups in total. The van der Waals surface area contributed by atoms with Crippen LogP contribution in [0.25, 0.3) is 0 Å². The van der Waals surface area contributed by atoms with Gasteiger partial charge in [0.15, 0.2) is 0 Å². The monoisotopic (exact) mass is 398 g/mol. The van der Waals surface area contributed by atoms with Crippen molar-refractivity contribution in [2.75, 3.05) is 0 Å². The molecular weight excluding hydrogens is 379 g/mol. The zero-order chi connectivity index (χ0) is 20.1. The number of hydrogen-bond acceptors (Lipinski definition) is 6. The van der Waals surface area contributed by atoms with Crippen molar-refractivity contribution in [2.24, 2.45) is 0 Å². The van der Waals surface area contributed by atoms with Crippen molar-refractivity contribution < 1.29 is 27.4 Å². The Hall–Kier alpha value is -2.81. The van der Waals surface area contributed by atoms with Gasteiger partial charge in [0, 0.05) is 11.5 Å². The van der Waals surface area contributed by atoms with Crippen molar-refractivity contribution in [3.8, 4) is 11.5 Å². The topological polar surface area (TPSA) is 93.1 Å². The van der Waals surface area contributed by atoms with E-state index in [0.29, 0.717) is 0 Å². The maximum Gasteiger partial charge on any atom is 0.492 e. The van der Waals surface area contributed by atoms with E-state index in [1.54, 1.807) is 12.1 Å². The minimum Gasteiger partial charge on any atom is -0.489 e. The summed E-state index contributed by atoms with van der Waals surface area (Å²) in [5, 5.41) is 19.1. The minimum absolute atomic E-state index is 0.00744. The van der Waals surface area contributed by atoms with E-state index >= 15 is 0 Å². The summed E-state index contributed by atoms with van der Waals surface area (Å²) in [4.78, 5) is 0.0242. The van der Waals surface area contributed by atoms with Crippen molar-refractivity contribution in [1.82, 2.24) is 0 Å². The predicted molar refractivity (Wildman–Crippen MR) is 106 cm³/mol. The molecular formula is C20H19BO6S. The summed E-state index contributed by atoms with van der Waals surface area (Å²) >= 11 is 0. The van der Waals surface area contributed by atoms with Gasteiger partial charge in [0.05, 0.1) is 0 Å². The van der Waals surface area contributed by atoms with E-state index in [4.69, 9.17) is 8.92 Å². The molecule has 0 bridgehead atoms. The second-order valence-electron chi connectivity index (χ2n) is 6.20. The van der Waals surface area contributed by atoms with Crippen LogP contribution in [0.3, 0.4) is 0 Å². The normalized spacial score (nSPS) is 11.1. The number of ether oxygens (including phenoxy) is 1. The third kappa shape index (κ3) is 4.92. The van der Waals surface area contributed by atoms with Crippen molar-refractivity contribution in [3.05, 3.63) is 83.9 Å². The molecule has 0 amide bonds. The molecule has 0 radical (unpaired) electrons. The lowest BCUT2D eigenvalue weighted by molar-refractivity contribution is 0.306. The molecule has 0 aliphatic rings. The van der Waals surface area contributed by atoms with Gasteiger partial charge in [-0.05, 0) is 30.7 Å². The highest BCUT2D eigenvalue weighted by Crippen LogP contribution is 2.23. The molecule has 0 saturated carbocycles. The van der Waals surface area contributed by atoms with Gasteiger partial charge in [0.1, 0.15) is 23.0 Å². The molecule has 3 rings (SSSR count). The standard InChI is InChI=1S/C20H19BO6S/c1-15-7-10-18(11-8-15)28(24,25)27-17-9-12-19(21(22)23)20(13-17)26-14-16-5-3-2-4-6-16/h2-13,22-23H,14H2,1H3. The number of hydrogen-bond donors (Lipinski definition) is 2. The summed E-state index contributed by atoms with van der Waals surface area (Å²) in [5.74, 6) is 0.128. The van der Waals surface area contributed by atoms with Crippen molar-refractivity contribution in [2.45, 2.75) is 18.4 Å².